The molecule has 0 aliphatic rings. The number of allylic oxidation sites excluding steroid dienone is 1. The molecule has 0 atom stereocenters. The molecule has 0 unspecified atom stereocenters. The normalized spacial score (nSPS) is 11.6. The molecule has 0 bridgehead atoms. The summed E-state index contributed by atoms with van der Waals surface area (Å²) in [6, 6.07) is 0. The van der Waals surface area contributed by atoms with Crippen LogP contribution in [-0.4, -0.2) is 37.9 Å². The van der Waals surface area contributed by atoms with Crippen LogP contribution in [0.25, 0.3) is 0 Å². The average molecular weight is 196 g/mol. The Morgan fingerprint density at radius 1 is 1.50 bits per heavy atom. The summed E-state index contributed by atoms with van der Waals surface area (Å²) < 4.78 is 0. The van der Waals surface area contributed by atoms with Crippen LogP contribution in [0.15, 0.2) is 30.0 Å². The van der Waals surface area contributed by atoms with Crippen molar-refractivity contribution < 1.29 is 4.84 Å². The smallest absolute Gasteiger partial charge is 0.137 e. The highest BCUT2D eigenvalue weighted by Crippen LogP contribution is 1.94. The van der Waals surface area contributed by atoms with Crippen molar-refractivity contribution in [3.05, 3.63) is 24.8 Å². The van der Waals surface area contributed by atoms with Crippen molar-refractivity contribution in [2.45, 2.75) is 13.3 Å². The van der Waals surface area contributed by atoms with Crippen LogP contribution >= 0.6 is 0 Å². The predicted molar refractivity (Wildman–Crippen MR) is 61.6 cm³/mol. The van der Waals surface area contributed by atoms with Gasteiger partial charge in [0.1, 0.15) is 6.61 Å². The van der Waals surface area contributed by atoms with Crippen LogP contribution in [0.4, 0.5) is 0 Å². The summed E-state index contributed by atoms with van der Waals surface area (Å²) >= 11 is 0. The van der Waals surface area contributed by atoms with E-state index >= 15 is 0 Å². The summed E-state index contributed by atoms with van der Waals surface area (Å²) in [6.07, 6.45) is 2.58. The number of hydrogen-bond acceptors (Lipinski definition) is 3. The van der Waals surface area contributed by atoms with E-state index in [-0.39, 0.29) is 0 Å². The molecule has 0 heterocycles. The van der Waals surface area contributed by atoms with E-state index in [1.54, 1.807) is 6.08 Å². The first-order valence-corrected chi connectivity index (χ1v) is 4.66. The van der Waals surface area contributed by atoms with Gasteiger partial charge in [-0.25, -0.2) is 0 Å². The second-order valence-electron chi connectivity index (χ2n) is 3.57. The average Bonchev–Trinajstić information content (AvgIpc) is 2.10. The Bertz CT molecular complexity index is 219. The van der Waals surface area contributed by atoms with E-state index in [0.29, 0.717) is 6.61 Å². The first kappa shape index (κ1) is 12.9. The Morgan fingerprint density at radius 2 is 2.14 bits per heavy atom. The molecule has 0 spiro atoms. The Balaban J connectivity index is 3.86. The molecule has 0 radical (unpaired) electrons. The minimum Gasteiger partial charge on any atom is -0.391 e. The summed E-state index contributed by atoms with van der Waals surface area (Å²) in [4.78, 5) is 7.17. The van der Waals surface area contributed by atoms with E-state index in [1.807, 2.05) is 21.0 Å². The van der Waals surface area contributed by atoms with Gasteiger partial charge in [0, 0.05) is 13.0 Å². The van der Waals surface area contributed by atoms with E-state index in [9.17, 15) is 0 Å². The molecule has 0 rings (SSSR count). The van der Waals surface area contributed by atoms with Gasteiger partial charge in [-0.2, -0.15) is 0 Å². The van der Waals surface area contributed by atoms with Crippen molar-refractivity contribution in [2.24, 2.45) is 5.16 Å². The third kappa shape index (κ3) is 7.55. The van der Waals surface area contributed by atoms with Crippen LogP contribution in [0.1, 0.15) is 13.3 Å². The van der Waals surface area contributed by atoms with Crippen molar-refractivity contribution in [1.82, 2.24) is 4.90 Å². The van der Waals surface area contributed by atoms with Crippen molar-refractivity contribution >= 4 is 5.71 Å². The fraction of sp³-hybridized carbons (Fsp3) is 0.545. The minimum atomic E-state index is 0.472. The Kier molecular flexibility index (Phi) is 6.76. The molecule has 0 aromatic heterocycles. The zero-order chi connectivity index (χ0) is 11.0. The molecule has 0 fully saturated rings. The molecule has 0 amide bonds. The van der Waals surface area contributed by atoms with Crippen LogP contribution in [0, 0.1) is 0 Å². The van der Waals surface area contributed by atoms with Gasteiger partial charge in [0.2, 0.25) is 0 Å². The van der Waals surface area contributed by atoms with Gasteiger partial charge in [0.25, 0.3) is 0 Å². The van der Waals surface area contributed by atoms with Crippen molar-refractivity contribution in [3.8, 4) is 0 Å². The molecule has 0 saturated heterocycles. The summed E-state index contributed by atoms with van der Waals surface area (Å²) in [5.74, 6) is 0. The maximum Gasteiger partial charge on any atom is 0.137 e. The van der Waals surface area contributed by atoms with E-state index in [0.717, 1.165) is 24.3 Å². The molecule has 0 aromatic carbocycles. The van der Waals surface area contributed by atoms with Crippen molar-refractivity contribution in [2.75, 3.05) is 27.2 Å². The maximum atomic E-state index is 5.08. The molecule has 14 heavy (non-hydrogen) atoms. The number of nitrogens with zero attached hydrogens (tertiary/aromatic N) is 2. The molecule has 0 aliphatic carbocycles. The van der Waals surface area contributed by atoms with Gasteiger partial charge in [-0.15, -0.1) is 0 Å². The van der Waals surface area contributed by atoms with Gasteiger partial charge < -0.3 is 9.74 Å². The Morgan fingerprint density at radius 3 is 2.57 bits per heavy atom. The molecule has 0 aliphatic heterocycles. The zero-order valence-electron chi connectivity index (χ0n) is 9.42. The highest BCUT2D eigenvalue weighted by Gasteiger charge is 1.96. The largest absolute Gasteiger partial charge is 0.391 e. The topological polar surface area (TPSA) is 24.8 Å². The SMILES string of the molecule is C=CC(CCN(C)C)=NOCC(=C)C. The van der Waals surface area contributed by atoms with E-state index in [4.69, 9.17) is 4.84 Å². The van der Waals surface area contributed by atoms with Gasteiger partial charge in [-0.3, -0.25) is 0 Å². The van der Waals surface area contributed by atoms with Crippen molar-refractivity contribution in [3.63, 3.8) is 0 Å². The highest BCUT2D eigenvalue weighted by molar-refractivity contribution is 5.94. The van der Waals surface area contributed by atoms with E-state index < -0.39 is 0 Å². The molecule has 0 saturated carbocycles. The Hall–Kier alpha value is -1.09. The molecule has 3 heteroatoms. The summed E-state index contributed by atoms with van der Waals surface area (Å²) in [6.45, 7) is 10.7. The van der Waals surface area contributed by atoms with Crippen LogP contribution in [-0.2, 0) is 4.84 Å². The first-order chi connectivity index (χ1) is 6.56. The van der Waals surface area contributed by atoms with Gasteiger partial charge in [-0.05, 0) is 32.7 Å². The monoisotopic (exact) mass is 196 g/mol. The van der Waals surface area contributed by atoms with Gasteiger partial charge in [-0.1, -0.05) is 18.3 Å². The predicted octanol–water partition coefficient (Wildman–Crippen LogP) is 2.07. The lowest BCUT2D eigenvalue weighted by Crippen LogP contribution is -2.16. The lowest BCUT2D eigenvalue weighted by molar-refractivity contribution is 0.167. The number of rotatable bonds is 7. The standard InChI is InChI=1S/C11H20N2O/c1-6-11(7-8-13(4)5)12-14-9-10(2)3/h6H,1-2,7-9H2,3-5H3. The maximum absolute atomic E-state index is 5.08. The third-order valence-corrected chi connectivity index (χ3v) is 1.54. The summed E-state index contributed by atoms with van der Waals surface area (Å²) in [5.41, 5.74) is 1.84. The van der Waals surface area contributed by atoms with Crippen LogP contribution in [0.2, 0.25) is 0 Å². The fourth-order valence-corrected chi connectivity index (χ4v) is 0.749. The molecular formula is C11H20N2O. The quantitative estimate of drug-likeness (QED) is 0.354. The Labute approximate surface area is 86.7 Å². The van der Waals surface area contributed by atoms with Gasteiger partial charge in [0.15, 0.2) is 0 Å². The second kappa shape index (κ2) is 7.33. The van der Waals surface area contributed by atoms with Gasteiger partial charge in [0.05, 0.1) is 5.71 Å². The molecule has 0 aromatic rings. The number of hydrogen-bond donors (Lipinski definition) is 0. The lowest BCUT2D eigenvalue weighted by atomic mass is 10.2. The summed E-state index contributed by atoms with van der Waals surface area (Å²) in [5, 5.41) is 3.97. The second-order valence-corrected chi connectivity index (χ2v) is 3.57. The molecular weight excluding hydrogens is 176 g/mol. The van der Waals surface area contributed by atoms with Crippen molar-refractivity contribution in [1.29, 1.82) is 0 Å². The van der Waals surface area contributed by atoms with E-state index in [2.05, 4.69) is 23.2 Å². The van der Waals surface area contributed by atoms with Gasteiger partial charge >= 0.3 is 0 Å². The molecule has 3 nitrogen and oxygen atoms in total. The minimum absolute atomic E-state index is 0.472. The van der Waals surface area contributed by atoms with Crippen LogP contribution in [0.5, 0.6) is 0 Å². The first-order valence-electron chi connectivity index (χ1n) is 4.66. The summed E-state index contributed by atoms with van der Waals surface area (Å²) in [7, 11) is 4.05. The molecule has 0 N–H and O–H groups in total. The highest BCUT2D eigenvalue weighted by atomic mass is 16.6. The molecule has 80 valence electrons. The third-order valence-electron chi connectivity index (χ3n) is 1.54. The lowest BCUT2D eigenvalue weighted by Gasteiger charge is -2.08. The number of oxime groups is 1. The van der Waals surface area contributed by atoms with Crippen LogP contribution < -0.4 is 0 Å². The zero-order valence-corrected chi connectivity index (χ0v) is 9.42. The van der Waals surface area contributed by atoms with Crippen LogP contribution in [0.3, 0.4) is 0 Å². The van der Waals surface area contributed by atoms with E-state index in [1.165, 1.54) is 0 Å². The fourth-order valence-electron chi connectivity index (χ4n) is 0.749.